The van der Waals surface area contributed by atoms with Crippen molar-refractivity contribution in [2.45, 2.75) is 6.54 Å². The van der Waals surface area contributed by atoms with Crippen LogP contribution < -0.4 is 10.1 Å². The van der Waals surface area contributed by atoms with Gasteiger partial charge < -0.3 is 14.5 Å². The summed E-state index contributed by atoms with van der Waals surface area (Å²) in [6, 6.07) is 13.6. The lowest BCUT2D eigenvalue weighted by molar-refractivity contribution is 0.415. The molecule has 1 N–H and O–H groups in total. The van der Waals surface area contributed by atoms with E-state index in [0.29, 0.717) is 23.1 Å². The number of hydrogen-bond donors (Lipinski definition) is 1. The van der Waals surface area contributed by atoms with Crippen LogP contribution in [0.15, 0.2) is 52.9 Å². The number of rotatable bonds is 5. The van der Waals surface area contributed by atoms with Crippen LogP contribution in [-0.2, 0) is 6.54 Å². The lowest BCUT2D eigenvalue weighted by Crippen LogP contribution is -1.98. The van der Waals surface area contributed by atoms with E-state index in [0.717, 1.165) is 17.0 Å². The van der Waals surface area contributed by atoms with Crippen molar-refractivity contribution in [1.82, 2.24) is 0 Å². The Balaban J connectivity index is 1.70. The van der Waals surface area contributed by atoms with Gasteiger partial charge in [-0.25, -0.2) is 4.39 Å². The molecule has 1 aromatic heterocycles. The number of furan rings is 1. The minimum atomic E-state index is -0.453. The highest BCUT2D eigenvalue weighted by Crippen LogP contribution is 2.29. The zero-order valence-electron chi connectivity index (χ0n) is 12.8. The van der Waals surface area contributed by atoms with Crippen LogP contribution in [0.5, 0.6) is 5.75 Å². The molecule has 3 nitrogen and oxygen atoms in total. The first-order valence-electron chi connectivity index (χ1n) is 7.18. The minimum absolute atomic E-state index is 0.0662. The van der Waals surface area contributed by atoms with Gasteiger partial charge >= 0.3 is 0 Å². The van der Waals surface area contributed by atoms with Crippen molar-refractivity contribution in [3.63, 3.8) is 0 Å². The molecule has 0 saturated carbocycles. The molecule has 0 bridgehead atoms. The first kappa shape index (κ1) is 16.7. The summed E-state index contributed by atoms with van der Waals surface area (Å²) in [6.45, 7) is 0.484. The van der Waals surface area contributed by atoms with Gasteiger partial charge in [0.2, 0.25) is 0 Å². The zero-order chi connectivity index (χ0) is 17.1. The normalized spacial score (nSPS) is 10.7. The maximum Gasteiger partial charge on any atom is 0.141 e. The lowest BCUT2D eigenvalue weighted by atomic mass is 10.2. The molecule has 0 saturated heterocycles. The Labute approximate surface area is 149 Å². The van der Waals surface area contributed by atoms with E-state index in [1.807, 2.05) is 18.2 Å². The van der Waals surface area contributed by atoms with E-state index in [4.69, 9.17) is 32.4 Å². The van der Waals surface area contributed by atoms with Crippen molar-refractivity contribution in [2.24, 2.45) is 0 Å². The van der Waals surface area contributed by atoms with E-state index >= 15 is 0 Å². The molecule has 3 aromatic rings. The fraction of sp³-hybridized carbons (Fsp3) is 0.111. The SMILES string of the molecule is COc1ccc(NCc2ccc(-c3ccc(F)c(Cl)c3)o2)cc1Cl. The van der Waals surface area contributed by atoms with Gasteiger partial charge in [-0.05, 0) is 48.5 Å². The molecule has 0 atom stereocenters. The summed E-state index contributed by atoms with van der Waals surface area (Å²) >= 11 is 11.9. The number of benzene rings is 2. The quantitative estimate of drug-likeness (QED) is 0.600. The summed E-state index contributed by atoms with van der Waals surface area (Å²) in [5.41, 5.74) is 1.57. The standard InChI is InChI=1S/C18H14Cl2FNO2/c1-23-18-6-3-12(9-15(18)20)22-10-13-4-7-17(24-13)11-2-5-16(21)14(19)8-11/h2-9,22H,10H2,1H3. The van der Waals surface area contributed by atoms with Crippen LogP contribution in [0.1, 0.15) is 5.76 Å². The van der Waals surface area contributed by atoms with Crippen molar-refractivity contribution in [1.29, 1.82) is 0 Å². The van der Waals surface area contributed by atoms with Crippen molar-refractivity contribution in [3.05, 3.63) is 70.2 Å². The molecule has 0 aliphatic rings. The monoisotopic (exact) mass is 365 g/mol. The molecule has 0 unspecified atom stereocenters. The third kappa shape index (κ3) is 3.66. The van der Waals surface area contributed by atoms with Crippen LogP contribution in [0.2, 0.25) is 10.0 Å². The summed E-state index contributed by atoms with van der Waals surface area (Å²) in [4.78, 5) is 0. The molecule has 24 heavy (non-hydrogen) atoms. The van der Waals surface area contributed by atoms with Gasteiger partial charge in [0.15, 0.2) is 0 Å². The molecule has 3 rings (SSSR count). The highest BCUT2D eigenvalue weighted by atomic mass is 35.5. The van der Waals surface area contributed by atoms with Crippen LogP contribution in [0.3, 0.4) is 0 Å². The van der Waals surface area contributed by atoms with Crippen LogP contribution in [-0.4, -0.2) is 7.11 Å². The van der Waals surface area contributed by atoms with E-state index in [1.54, 1.807) is 25.3 Å². The van der Waals surface area contributed by atoms with Gasteiger partial charge in [0.25, 0.3) is 0 Å². The largest absolute Gasteiger partial charge is 0.495 e. The fourth-order valence-corrected chi connectivity index (χ4v) is 2.68. The Kier molecular flexibility index (Phi) is 4.97. The number of ether oxygens (including phenoxy) is 1. The van der Waals surface area contributed by atoms with Crippen LogP contribution in [0, 0.1) is 5.82 Å². The molecule has 1 heterocycles. The van der Waals surface area contributed by atoms with Gasteiger partial charge in [-0.15, -0.1) is 0 Å². The first-order valence-corrected chi connectivity index (χ1v) is 7.94. The molecular formula is C18H14Cl2FNO2. The van der Waals surface area contributed by atoms with Gasteiger partial charge in [0.1, 0.15) is 23.1 Å². The topological polar surface area (TPSA) is 34.4 Å². The molecule has 0 fully saturated rings. The summed E-state index contributed by atoms with van der Waals surface area (Å²) in [7, 11) is 1.57. The smallest absolute Gasteiger partial charge is 0.141 e. The van der Waals surface area contributed by atoms with E-state index < -0.39 is 5.82 Å². The van der Waals surface area contributed by atoms with Crippen molar-refractivity contribution < 1.29 is 13.5 Å². The van der Waals surface area contributed by atoms with Gasteiger partial charge in [-0.2, -0.15) is 0 Å². The Morgan fingerprint density at radius 3 is 2.58 bits per heavy atom. The van der Waals surface area contributed by atoms with Crippen molar-refractivity contribution >= 4 is 28.9 Å². The minimum Gasteiger partial charge on any atom is -0.495 e. The van der Waals surface area contributed by atoms with Crippen LogP contribution >= 0.6 is 23.2 Å². The van der Waals surface area contributed by atoms with Gasteiger partial charge in [0, 0.05) is 11.3 Å². The molecular weight excluding hydrogens is 352 g/mol. The predicted molar refractivity (Wildman–Crippen MR) is 94.4 cm³/mol. The van der Waals surface area contributed by atoms with E-state index in [9.17, 15) is 4.39 Å². The van der Waals surface area contributed by atoms with Gasteiger partial charge in [-0.3, -0.25) is 0 Å². The highest BCUT2D eigenvalue weighted by Gasteiger charge is 2.08. The average Bonchev–Trinajstić information content (AvgIpc) is 3.04. The molecule has 0 aliphatic heterocycles. The lowest BCUT2D eigenvalue weighted by Gasteiger charge is -2.07. The molecule has 6 heteroatoms. The molecule has 0 radical (unpaired) electrons. The first-order chi connectivity index (χ1) is 11.6. The second-order valence-electron chi connectivity index (χ2n) is 5.10. The number of halogens is 3. The number of anilines is 1. The second kappa shape index (κ2) is 7.16. The average molecular weight is 366 g/mol. The number of hydrogen-bond acceptors (Lipinski definition) is 3. The molecule has 0 aliphatic carbocycles. The van der Waals surface area contributed by atoms with E-state index in [2.05, 4.69) is 5.32 Å². The zero-order valence-corrected chi connectivity index (χ0v) is 14.3. The van der Waals surface area contributed by atoms with Crippen molar-refractivity contribution in [2.75, 3.05) is 12.4 Å². The summed E-state index contributed by atoms with van der Waals surface area (Å²) in [5, 5.41) is 3.82. The Morgan fingerprint density at radius 1 is 1.04 bits per heavy atom. The summed E-state index contributed by atoms with van der Waals surface area (Å²) in [6.07, 6.45) is 0. The maximum absolute atomic E-state index is 13.2. The van der Waals surface area contributed by atoms with Crippen molar-refractivity contribution in [3.8, 4) is 17.1 Å². The maximum atomic E-state index is 13.2. The molecule has 0 amide bonds. The molecule has 124 valence electrons. The number of methoxy groups -OCH3 is 1. The van der Waals surface area contributed by atoms with E-state index in [-0.39, 0.29) is 5.02 Å². The highest BCUT2D eigenvalue weighted by molar-refractivity contribution is 6.32. The van der Waals surface area contributed by atoms with Gasteiger partial charge in [-0.1, -0.05) is 23.2 Å². The molecule has 0 spiro atoms. The van der Waals surface area contributed by atoms with Crippen LogP contribution in [0.4, 0.5) is 10.1 Å². The van der Waals surface area contributed by atoms with Gasteiger partial charge in [0.05, 0.1) is 23.7 Å². The van der Waals surface area contributed by atoms with E-state index in [1.165, 1.54) is 12.1 Å². The third-order valence-electron chi connectivity index (χ3n) is 3.48. The predicted octanol–water partition coefficient (Wildman–Crippen LogP) is 6.01. The second-order valence-corrected chi connectivity index (χ2v) is 5.91. The summed E-state index contributed by atoms with van der Waals surface area (Å²) in [5.74, 6) is 1.53. The van der Waals surface area contributed by atoms with Crippen LogP contribution in [0.25, 0.3) is 11.3 Å². The Hall–Kier alpha value is -2.17. The number of nitrogens with one attached hydrogen (secondary N) is 1. The summed E-state index contributed by atoms with van der Waals surface area (Å²) < 4.78 is 24.1. The third-order valence-corrected chi connectivity index (χ3v) is 4.07. The Bertz CT molecular complexity index is 864. The fourth-order valence-electron chi connectivity index (χ4n) is 2.24. The Morgan fingerprint density at radius 2 is 1.88 bits per heavy atom. The molecule has 2 aromatic carbocycles.